The molecule has 27 heavy (non-hydrogen) atoms. The molecule has 0 aliphatic heterocycles. The molecule has 0 saturated heterocycles. The first-order chi connectivity index (χ1) is 12.9. The standard InChI is InChI=1S/C19H18N4O4/c1-3-23-16-9-4-12(10-15(16)22-18(26)19(23)27)17(25)21-14-7-5-13(6-8-14)20-11(2)24/h4-10H,3H2,1-2H3,(H,20,24)(H,21,25)(H,22,26). The number of fused-ring (bicyclic) bond motifs is 1. The number of carbonyl (C=O) groups excluding carboxylic acids is 2. The molecule has 0 unspecified atom stereocenters. The molecule has 0 atom stereocenters. The van der Waals surface area contributed by atoms with E-state index in [1.807, 2.05) is 0 Å². The van der Waals surface area contributed by atoms with Crippen LogP contribution in [0.4, 0.5) is 11.4 Å². The number of aromatic amines is 1. The van der Waals surface area contributed by atoms with E-state index < -0.39 is 11.1 Å². The van der Waals surface area contributed by atoms with E-state index in [9.17, 15) is 19.2 Å². The molecule has 1 heterocycles. The van der Waals surface area contributed by atoms with Gasteiger partial charge in [-0.3, -0.25) is 19.2 Å². The van der Waals surface area contributed by atoms with Gasteiger partial charge < -0.3 is 20.2 Å². The Morgan fingerprint density at radius 1 is 1.00 bits per heavy atom. The molecular weight excluding hydrogens is 348 g/mol. The average Bonchev–Trinajstić information content (AvgIpc) is 2.63. The number of aryl methyl sites for hydroxylation is 1. The highest BCUT2D eigenvalue weighted by molar-refractivity contribution is 6.06. The van der Waals surface area contributed by atoms with Crippen molar-refractivity contribution in [2.24, 2.45) is 0 Å². The molecule has 8 heteroatoms. The third kappa shape index (κ3) is 3.79. The van der Waals surface area contributed by atoms with Gasteiger partial charge in [0.2, 0.25) is 5.91 Å². The second kappa shape index (κ2) is 7.28. The van der Waals surface area contributed by atoms with Crippen molar-refractivity contribution in [1.29, 1.82) is 0 Å². The number of aromatic nitrogens is 2. The van der Waals surface area contributed by atoms with Crippen LogP contribution in [0.3, 0.4) is 0 Å². The Bertz CT molecular complexity index is 1140. The third-order valence-electron chi connectivity index (χ3n) is 4.02. The van der Waals surface area contributed by atoms with E-state index >= 15 is 0 Å². The fraction of sp³-hybridized carbons (Fsp3) is 0.158. The first-order valence-electron chi connectivity index (χ1n) is 8.35. The van der Waals surface area contributed by atoms with Crippen molar-refractivity contribution in [3.63, 3.8) is 0 Å². The normalized spacial score (nSPS) is 10.6. The fourth-order valence-electron chi connectivity index (χ4n) is 2.78. The van der Waals surface area contributed by atoms with Crippen molar-refractivity contribution in [2.45, 2.75) is 20.4 Å². The van der Waals surface area contributed by atoms with Gasteiger partial charge in [-0.05, 0) is 49.4 Å². The van der Waals surface area contributed by atoms with Crippen molar-refractivity contribution >= 4 is 34.2 Å². The molecule has 3 aromatic rings. The van der Waals surface area contributed by atoms with Gasteiger partial charge >= 0.3 is 11.1 Å². The number of hydrogen-bond acceptors (Lipinski definition) is 4. The van der Waals surface area contributed by atoms with Gasteiger partial charge in [-0.25, -0.2) is 0 Å². The monoisotopic (exact) mass is 366 g/mol. The number of benzene rings is 2. The Balaban J connectivity index is 1.87. The maximum atomic E-state index is 12.5. The molecule has 1 aromatic heterocycles. The summed E-state index contributed by atoms with van der Waals surface area (Å²) in [6, 6.07) is 11.4. The van der Waals surface area contributed by atoms with E-state index in [0.717, 1.165) is 0 Å². The number of rotatable bonds is 4. The van der Waals surface area contributed by atoms with E-state index in [-0.39, 0.29) is 11.8 Å². The minimum atomic E-state index is -0.726. The lowest BCUT2D eigenvalue weighted by molar-refractivity contribution is -0.114. The van der Waals surface area contributed by atoms with Crippen LogP contribution in [-0.2, 0) is 11.3 Å². The topological polar surface area (TPSA) is 113 Å². The van der Waals surface area contributed by atoms with E-state index in [1.54, 1.807) is 43.3 Å². The summed E-state index contributed by atoms with van der Waals surface area (Å²) < 4.78 is 1.36. The van der Waals surface area contributed by atoms with E-state index in [2.05, 4.69) is 15.6 Å². The summed E-state index contributed by atoms with van der Waals surface area (Å²) in [6.07, 6.45) is 0. The van der Waals surface area contributed by atoms with Crippen LogP contribution in [0.5, 0.6) is 0 Å². The molecule has 3 N–H and O–H groups in total. The lowest BCUT2D eigenvalue weighted by Gasteiger charge is -2.10. The zero-order valence-electron chi connectivity index (χ0n) is 14.8. The molecule has 0 radical (unpaired) electrons. The Morgan fingerprint density at radius 3 is 2.22 bits per heavy atom. The van der Waals surface area contributed by atoms with Crippen LogP contribution in [0.2, 0.25) is 0 Å². The molecular formula is C19H18N4O4. The summed E-state index contributed by atoms with van der Waals surface area (Å²) in [5.74, 6) is -0.540. The van der Waals surface area contributed by atoms with Crippen LogP contribution in [0.25, 0.3) is 11.0 Å². The summed E-state index contributed by atoms with van der Waals surface area (Å²) in [5, 5.41) is 5.39. The molecule has 0 saturated carbocycles. The molecule has 0 aliphatic rings. The molecule has 0 spiro atoms. The fourth-order valence-corrected chi connectivity index (χ4v) is 2.78. The summed E-state index contributed by atoms with van der Waals surface area (Å²) in [7, 11) is 0. The van der Waals surface area contributed by atoms with Crippen LogP contribution >= 0.6 is 0 Å². The minimum absolute atomic E-state index is 0.178. The van der Waals surface area contributed by atoms with Crippen LogP contribution in [0, 0.1) is 0 Å². The zero-order chi connectivity index (χ0) is 19.6. The largest absolute Gasteiger partial charge is 0.326 e. The predicted octanol–water partition coefficient (Wildman–Crippen LogP) is 1.92. The van der Waals surface area contributed by atoms with E-state index in [4.69, 9.17) is 0 Å². The average molecular weight is 366 g/mol. The van der Waals surface area contributed by atoms with Gasteiger partial charge in [0, 0.05) is 30.4 Å². The quantitative estimate of drug-likeness (QED) is 0.612. The Hall–Kier alpha value is -3.68. The van der Waals surface area contributed by atoms with Crippen LogP contribution in [-0.4, -0.2) is 21.4 Å². The Labute approximate surface area is 153 Å². The predicted molar refractivity (Wildman–Crippen MR) is 103 cm³/mol. The molecule has 0 fully saturated rings. The van der Waals surface area contributed by atoms with Crippen LogP contribution < -0.4 is 21.8 Å². The summed E-state index contributed by atoms with van der Waals surface area (Å²) >= 11 is 0. The smallest absolute Gasteiger partial charge is 0.316 e. The lowest BCUT2D eigenvalue weighted by Crippen LogP contribution is -2.36. The molecule has 2 aromatic carbocycles. The van der Waals surface area contributed by atoms with Gasteiger partial charge in [0.25, 0.3) is 5.91 Å². The molecule has 2 amide bonds. The maximum Gasteiger partial charge on any atom is 0.316 e. The number of hydrogen-bond donors (Lipinski definition) is 3. The number of anilines is 2. The molecule has 3 rings (SSSR count). The SMILES string of the molecule is CCn1c(=O)c(=O)[nH]c2cc(C(=O)Nc3ccc(NC(C)=O)cc3)ccc21. The van der Waals surface area contributed by atoms with Gasteiger partial charge in [-0.15, -0.1) is 0 Å². The number of H-pyrrole nitrogens is 1. The van der Waals surface area contributed by atoms with Crippen molar-refractivity contribution in [3.8, 4) is 0 Å². The van der Waals surface area contributed by atoms with Crippen molar-refractivity contribution < 1.29 is 9.59 Å². The number of carbonyl (C=O) groups is 2. The van der Waals surface area contributed by atoms with Gasteiger partial charge in [-0.1, -0.05) is 0 Å². The van der Waals surface area contributed by atoms with Crippen LogP contribution in [0.1, 0.15) is 24.2 Å². The second-order valence-corrected chi connectivity index (χ2v) is 5.95. The molecule has 138 valence electrons. The second-order valence-electron chi connectivity index (χ2n) is 5.95. The Kier molecular flexibility index (Phi) is 4.89. The first kappa shape index (κ1) is 18.1. The molecule has 0 aliphatic carbocycles. The highest BCUT2D eigenvalue weighted by atomic mass is 16.2. The highest BCUT2D eigenvalue weighted by Crippen LogP contribution is 2.16. The molecule has 8 nitrogen and oxygen atoms in total. The van der Waals surface area contributed by atoms with Gasteiger partial charge in [0.05, 0.1) is 11.0 Å². The van der Waals surface area contributed by atoms with Crippen LogP contribution in [0.15, 0.2) is 52.1 Å². The van der Waals surface area contributed by atoms with E-state index in [0.29, 0.717) is 34.5 Å². The molecule has 0 bridgehead atoms. The number of amides is 2. The first-order valence-corrected chi connectivity index (χ1v) is 8.35. The number of nitrogens with one attached hydrogen (secondary N) is 3. The van der Waals surface area contributed by atoms with Crippen molar-refractivity contribution in [1.82, 2.24) is 9.55 Å². The number of nitrogens with zero attached hydrogens (tertiary/aromatic N) is 1. The van der Waals surface area contributed by atoms with Gasteiger partial charge in [-0.2, -0.15) is 0 Å². The third-order valence-corrected chi connectivity index (χ3v) is 4.02. The van der Waals surface area contributed by atoms with Crippen molar-refractivity contribution in [3.05, 3.63) is 68.7 Å². The van der Waals surface area contributed by atoms with Crippen molar-refractivity contribution in [2.75, 3.05) is 10.6 Å². The maximum absolute atomic E-state index is 12.5. The highest BCUT2D eigenvalue weighted by Gasteiger charge is 2.11. The van der Waals surface area contributed by atoms with Gasteiger partial charge in [0.15, 0.2) is 0 Å². The lowest BCUT2D eigenvalue weighted by atomic mass is 10.1. The zero-order valence-corrected chi connectivity index (χ0v) is 14.8. The minimum Gasteiger partial charge on any atom is -0.326 e. The summed E-state index contributed by atoms with van der Waals surface area (Å²) in [4.78, 5) is 49.7. The Morgan fingerprint density at radius 2 is 1.63 bits per heavy atom. The van der Waals surface area contributed by atoms with Gasteiger partial charge in [0.1, 0.15) is 0 Å². The van der Waals surface area contributed by atoms with E-state index in [1.165, 1.54) is 17.6 Å². The summed E-state index contributed by atoms with van der Waals surface area (Å²) in [5.41, 5.74) is 1.14. The summed E-state index contributed by atoms with van der Waals surface area (Å²) in [6.45, 7) is 3.54.